The van der Waals surface area contributed by atoms with Crippen LogP contribution in [0.4, 0.5) is 10.1 Å². The minimum Gasteiger partial charge on any atom is -0.385 e. The van der Waals surface area contributed by atoms with Crippen LogP contribution in [0.2, 0.25) is 0 Å². The largest absolute Gasteiger partial charge is 0.385 e. The van der Waals surface area contributed by atoms with Gasteiger partial charge in [0.05, 0.1) is 5.52 Å². The molecule has 0 amide bonds. The molecule has 1 saturated carbocycles. The summed E-state index contributed by atoms with van der Waals surface area (Å²) in [5, 5.41) is 3.79. The number of aromatic amines is 1. The minimum absolute atomic E-state index is 0.140. The van der Waals surface area contributed by atoms with E-state index in [-0.39, 0.29) is 16.8 Å². The number of nitrogens with zero attached hydrogens (tertiary/aromatic N) is 1. The summed E-state index contributed by atoms with van der Waals surface area (Å²) in [6.07, 6.45) is 4.02. The van der Waals surface area contributed by atoms with Crippen molar-refractivity contribution in [1.29, 1.82) is 0 Å². The molecular formula is C22H18FN3O2S. The number of benzene rings is 2. The summed E-state index contributed by atoms with van der Waals surface area (Å²) >= 11 is 1.19. The van der Waals surface area contributed by atoms with Crippen LogP contribution in [0.5, 0.6) is 0 Å². The monoisotopic (exact) mass is 407 g/mol. The second-order valence-electron chi connectivity index (χ2n) is 7.90. The first kappa shape index (κ1) is 17.0. The van der Waals surface area contributed by atoms with E-state index in [2.05, 4.69) is 14.3 Å². The molecule has 2 N–H and O–H groups in total. The standard InChI is InChI=1S/C22H18FN3O2S/c23-16-9-15-18(10-14(16)11-3-6-17-12(8-11)2-1-7-24-17)26(13-4-5-13)22-19(20(15)27)21(28)25-29-22/h3,6,8-10,13,24H,1-2,4-5,7H2,(H,25,28). The van der Waals surface area contributed by atoms with Gasteiger partial charge in [-0.05, 0) is 72.6 Å². The topological polar surface area (TPSA) is 66.9 Å². The van der Waals surface area contributed by atoms with Gasteiger partial charge in [-0.15, -0.1) is 0 Å². The Balaban J connectivity index is 1.66. The van der Waals surface area contributed by atoms with Gasteiger partial charge < -0.3 is 9.88 Å². The van der Waals surface area contributed by atoms with E-state index in [1.807, 2.05) is 18.2 Å². The molecule has 2 aliphatic rings. The number of nitrogens with one attached hydrogen (secondary N) is 2. The van der Waals surface area contributed by atoms with Crippen molar-refractivity contribution in [3.8, 4) is 11.1 Å². The van der Waals surface area contributed by atoms with E-state index < -0.39 is 16.8 Å². The lowest BCUT2D eigenvalue weighted by Gasteiger charge is -2.19. The molecule has 4 aromatic rings. The summed E-state index contributed by atoms with van der Waals surface area (Å²) in [5.41, 5.74) is 3.51. The third-order valence-corrected chi connectivity index (χ3v) is 6.86. The molecule has 0 bridgehead atoms. The lowest BCUT2D eigenvalue weighted by Crippen LogP contribution is -2.15. The zero-order chi connectivity index (χ0) is 19.7. The van der Waals surface area contributed by atoms with Crippen LogP contribution < -0.4 is 16.3 Å². The zero-order valence-corrected chi connectivity index (χ0v) is 16.4. The maximum absolute atomic E-state index is 15.1. The van der Waals surface area contributed by atoms with Crippen molar-refractivity contribution in [2.45, 2.75) is 31.7 Å². The number of hydrogen-bond acceptors (Lipinski definition) is 4. The predicted molar refractivity (Wildman–Crippen MR) is 115 cm³/mol. The van der Waals surface area contributed by atoms with Gasteiger partial charge >= 0.3 is 0 Å². The van der Waals surface area contributed by atoms with Gasteiger partial charge in [-0.3, -0.25) is 14.0 Å². The van der Waals surface area contributed by atoms with E-state index in [1.54, 1.807) is 6.07 Å². The highest BCUT2D eigenvalue weighted by Gasteiger charge is 2.29. The Morgan fingerprint density at radius 1 is 1.14 bits per heavy atom. The molecule has 1 aliphatic carbocycles. The molecule has 5 nitrogen and oxygen atoms in total. The summed E-state index contributed by atoms with van der Waals surface area (Å²) in [4.78, 5) is 25.8. The van der Waals surface area contributed by atoms with Gasteiger partial charge in [0.1, 0.15) is 16.0 Å². The fraction of sp³-hybridized carbons (Fsp3) is 0.273. The molecule has 6 rings (SSSR count). The second-order valence-corrected chi connectivity index (χ2v) is 8.69. The molecule has 1 fully saturated rings. The Morgan fingerprint density at radius 2 is 2.00 bits per heavy atom. The number of anilines is 1. The SMILES string of the molecule is O=c1[nH]sc2c1c(=O)c1cc(F)c(-c3ccc4c(c3)CCCN4)cc1n2C1CC1. The van der Waals surface area contributed by atoms with Crippen molar-refractivity contribution in [1.82, 2.24) is 8.94 Å². The lowest BCUT2D eigenvalue weighted by atomic mass is 9.96. The Bertz CT molecular complexity index is 1430. The number of H-pyrrole nitrogens is 1. The van der Waals surface area contributed by atoms with E-state index in [0.29, 0.717) is 15.9 Å². The molecule has 3 heterocycles. The average Bonchev–Trinajstić information content (AvgIpc) is 3.50. The van der Waals surface area contributed by atoms with Crippen LogP contribution in [0.3, 0.4) is 0 Å². The van der Waals surface area contributed by atoms with E-state index in [0.717, 1.165) is 43.5 Å². The third kappa shape index (κ3) is 2.50. The van der Waals surface area contributed by atoms with E-state index in [4.69, 9.17) is 0 Å². The van der Waals surface area contributed by atoms with Gasteiger partial charge in [0, 0.05) is 29.2 Å². The first-order valence-electron chi connectivity index (χ1n) is 9.88. The maximum Gasteiger partial charge on any atom is 0.271 e. The van der Waals surface area contributed by atoms with Crippen molar-refractivity contribution in [2.24, 2.45) is 0 Å². The van der Waals surface area contributed by atoms with Gasteiger partial charge in [-0.2, -0.15) is 0 Å². The lowest BCUT2D eigenvalue weighted by molar-refractivity contribution is 0.632. The summed E-state index contributed by atoms with van der Waals surface area (Å²) < 4.78 is 19.9. The summed E-state index contributed by atoms with van der Waals surface area (Å²) in [6, 6.07) is 9.31. The summed E-state index contributed by atoms with van der Waals surface area (Å²) in [6.45, 7) is 0.958. The van der Waals surface area contributed by atoms with Crippen molar-refractivity contribution in [3.05, 3.63) is 62.3 Å². The van der Waals surface area contributed by atoms with Gasteiger partial charge in [-0.25, -0.2) is 4.39 Å². The fourth-order valence-corrected chi connectivity index (χ4v) is 5.33. The number of hydrogen-bond donors (Lipinski definition) is 2. The molecule has 7 heteroatoms. The Hall–Kier alpha value is -2.93. The Morgan fingerprint density at radius 3 is 2.83 bits per heavy atom. The molecule has 1 aliphatic heterocycles. The number of aromatic nitrogens is 2. The van der Waals surface area contributed by atoms with Crippen LogP contribution in [-0.4, -0.2) is 15.5 Å². The molecule has 0 spiro atoms. The highest BCUT2D eigenvalue weighted by Crippen LogP contribution is 2.41. The van der Waals surface area contributed by atoms with Gasteiger partial charge in [-0.1, -0.05) is 6.07 Å². The van der Waals surface area contributed by atoms with Crippen LogP contribution in [0.25, 0.3) is 32.2 Å². The minimum atomic E-state index is -0.438. The molecule has 0 saturated heterocycles. The average molecular weight is 407 g/mol. The van der Waals surface area contributed by atoms with Crippen LogP contribution in [0.1, 0.15) is 30.9 Å². The van der Waals surface area contributed by atoms with E-state index >= 15 is 4.39 Å². The van der Waals surface area contributed by atoms with Crippen molar-refractivity contribution >= 4 is 38.3 Å². The predicted octanol–water partition coefficient (Wildman–Crippen LogP) is 4.40. The quantitative estimate of drug-likeness (QED) is 0.517. The molecule has 29 heavy (non-hydrogen) atoms. The van der Waals surface area contributed by atoms with E-state index in [1.165, 1.54) is 23.2 Å². The fourth-order valence-electron chi connectivity index (χ4n) is 4.41. The molecule has 0 unspecified atom stereocenters. The Kier molecular flexibility index (Phi) is 3.53. The number of pyridine rings is 1. The van der Waals surface area contributed by atoms with Crippen LogP contribution in [0, 0.1) is 5.82 Å². The molecular weight excluding hydrogens is 389 g/mol. The van der Waals surface area contributed by atoms with E-state index in [9.17, 15) is 9.59 Å². The van der Waals surface area contributed by atoms with Crippen LogP contribution in [-0.2, 0) is 6.42 Å². The summed E-state index contributed by atoms with van der Waals surface area (Å²) in [7, 11) is 0. The van der Waals surface area contributed by atoms with Gasteiger partial charge in [0.15, 0.2) is 0 Å². The van der Waals surface area contributed by atoms with Crippen LogP contribution >= 0.6 is 11.5 Å². The molecule has 2 aromatic carbocycles. The summed E-state index contributed by atoms with van der Waals surface area (Å²) in [5.74, 6) is -0.438. The number of rotatable bonds is 2. The maximum atomic E-state index is 15.1. The van der Waals surface area contributed by atoms with Crippen molar-refractivity contribution in [3.63, 3.8) is 0 Å². The molecule has 2 aromatic heterocycles. The second kappa shape index (κ2) is 6.03. The smallest absolute Gasteiger partial charge is 0.271 e. The van der Waals surface area contributed by atoms with Gasteiger partial charge in [0.25, 0.3) is 5.56 Å². The molecule has 0 atom stereocenters. The molecule has 0 radical (unpaired) electrons. The highest BCUT2D eigenvalue weighted by molar-refractivity contribution is 7.12. The normalized spacial score (nSPS) is 16.2. The van der Waals surface area contributed by atoms with Crippen LogP contribution in [0.15, 0.2) is 39.9 Å². The first-order valence-corrected chi connectivity index (χ1v) is 10.7. The zero-order valence-electron chi connectivity index (χ0n) is 15.5. The van der Waals surface area contributed by atoms with Crippen molar-refractivity contribution < 1.29 is 4.39 Å². The number of halogens is 1. The first-order chi connectivity index (χ1) is 14.1. The Labute approximate surface area is 168 Å². The van der Waals surface area contributed by atoms with Gasteiger partial charge in [0.2, 0.25) is 5.43 Å². The molecule has 146 valence electrons. The number of fused-ring (bicyclic) bond motifs is 3. The highest BCUT2D eigenvalue weighted by atomic mass is 32.1. The van der Waals surface area contributed by atoms with Crippen molar-refractivity contribution in [2.75, 3.05) is 11.9 Å². The third-order valence-electron chi connectivity index (χ3n) is 5.98. The number of aryl methyl sites for hydroxylation is 1.